The highest BCUT2D eigenvalue weighted by atomic mass is 16.5. The van der Waals surface area contributed by atoms with E-state index in [1.165, 1.54) is 0 Å². The van der Waals surface area contributed by atoms with Crippen LogP contribution in [0.1, 0.15) is 48.5 Å². The van der Waals surface area contributed by atoms with Crippen LogP contribution in [0.3, 0.4) is 0 Å². The van der Waals surface area contributed by atoms with E-state index >= 15 is 0 Å². The molecule has 2 aliphatic rings. The average molecular weight is 343 g/mol. The Morgan fingerprint density at radius 1 is 1.24 bits per heavy atom. The number of nitrogens with two attached hydrogens (primary N) is 1. The van der Waals surface area contributed by atoms with Gasteiger partial charge in [0.05, 0.1) is 11.9 Å². The lowest BCUT2D eigenvalue weighted by Gasteiger charge is -2.35. The van der Waals surface area contributed by atoms with Gasteiger partial charge in [0.1, 0.15) is 5.52 Å². The number of nitrogens with zero attached hydrogens (tertiary/aromatic N) is 4. The van der Waals surface area contributed by atoms with Crippen LogP contribution in [-0.4, -0.2) is 57.7 Å². The third kappa shape index (κ3) is 3.14. The van der Waals surface area contributed by atoms with Gasteiger partial charge in [-0.25, -0.2) is 9.97 Å². The number of pyridine rings is 1. The molecule has 2 saturated heterocycles. The van der Waals surface area contributed by atoms with Crippen molar-refractivity contribution in [2.24, 2.45) is 5.73 Å². The van der Waals surface area contributed by atoms with E-state index in [0.717, 1.165) is 63.0 Å². The first-order valence-corrected chi connectivity index (χ1v) is 9.19. The van der Waals surface area contributed by atoms with E-state index in [9.17, 15) is 4.79 Å². The van der Waals surface area contributed by atoms with Crippen LogP contribution < -0.4 is 5.73 Å². The van der Waals surface area contributed by atoms with Gasteiger partial charge in [-0.05, 0) is 38.2 Å². The first-order chi connectivity index (χ1) is 12.3. The monoisotopic (exact) mass is 343 g/mol. The molecule has 0 aromatic carbocycles. The zero-order valence-electron chi connectivity index (χ0n) is 14.4. The quantitative estimate of drug-likeness (QED) is 0.917. The highest BCUT2D eigenvalue weighted by Crippen LogP contribution is 2.25. The van der Waals surface area contributed by atoms with Gasteiger partial charge in [-0.15, -0.1) is 0 Å². The predicted octanol–water partition coefficient (Wildman–Crippen LogP) is 1.74. The number of amides is 1. The molecule has 0 radical (unpaired) electrons. The molecule has 2 aliphatic heterocycles. The Kier molecular flexibility index (Phi) is 4.67. The molecule has 0 bridgehead atoms. The van der Waals surface area contributed by atoms with Crippen LogP contribution in [0.2, 0.25) is 0 Å². The van der Waals surface area contributed by atoms with Gasteiger partial charge in [0.25, 0.3) is 5.91 Å². The summed E-state index contributed by atoms with van der Waals surface area (Å²) in [5, 5.41) is 0. The molecule has 4 rings (SSSR count). The summed E-state index contributed by atoms with van der Waals surface area (Å²) in [6, 6.07) is 2.37. The summed E-state index contributed by atoms with van der Waals surface area (Å²) >= 11 is 0. The molecule has 4 heterocycles. The van der Waals surface area contributed by atoms with E-state index in [1.54, 1.807) is 6.20 Å². The standard InChI is InChI=1S/C18H25N5O2/c19-10-15-3-1-2-6-22(15)18(24)13-9-16-17(20-11-13)23(12-21-16)14-4-7-25-8-5-14/h9,11-12,14-15H,1-8,10,19H2. The van der Waals surface area contributed by atoms with Crippen LogP contribution in [0.4, 0.5) is 0 Å². The Labute approximate surface area is 147 Å². The Balaban J connectivity index is 1.60. The molecule has 7 heteroatoms. The normalized spacial score (nSPS) is 22.4. The molecule has 2 fully saturated rings. The van der Waals surface area contributed by atoms with Crippen molar-refractivity contribution in [3.8, 4) is 0 Å². The number of carbonyl (C=O) groups is 1. The fourth-order valence-electron chi connectivity index (χ4n) is 3.95. The van der Waals surface area contributed by atoms with Gasteiger partial charge in [0, 0.05) is 44.6 Å². The molecule has 2 aromatic rings. The SMILES string of the molecule is NCC1CCCCN1C(=O)c1cnc2c(c1)ncn2C1CCOCC1. The summed E-state index contributed by atoms with van der Waals surface area (Å²) in [7, 11) is 0. The molecule has 0 spiro atoms. The van der Waals surface area contributed by atoms with Crippen molar-refractivity contribution < 1.29 is 9.53 Å². The van der Waals surface area contributed by atoms with Crippen LogP contribution in [0.15, 0.2) is 18.6 Å². The number of fused-ring (bicyclic) bond motifs is 1. The third-order valence-corrected chi connectivity index (χ3v) is 5.40. The number of hydrogen-bond donors (Lipinski definition) is 1. The largest absolute Gasteiger partial charge is 0.381 e. The molecule has 25 heavy (non-hydrogen) atoms. The maximum Gasteiger partial charge on any atom is 0.255 e. The minimum absolute atomic E-state index is 0.0187. The molecular weight excluding hydrogens is 318 g/mol. The van der Waals surface area contributed by atoms with Gasteiger partial charge in [-0.3, -0.25) is 4.79 Å². The molecule has 2 aromatic heterocycles. The van der Waals surface area contributed by atoms with Crippen molar-refractivity contribution in [1.82, 2.24) is 19.4 Å². The molecule has 1 amide bonds. The minimum Gasteiger partial charge on any atom is -0.381 e. The van der Waals surface area contributed by atoms with E-state index in [-0.39, 0.29) is 11.9 Å². The predicted molar refractivity (Wildman–Crippen MR) is 94.3 cm³/mol. The lowest BCUT2D eigenvalue weighted by atomic mass is 10.0. The molecule has 7 nitrogen and oxygen atoms in total. The minimum atomic E-state index is 0.0187. The number of piperidine rings is 1. The third-order valence-electron chi connectivity index (χ3n) is 5.40. The second-order valence-electron chi connectivity index (χ2n) is 6.95. The van der Waals surface area contributed by atoms with E-state index in [4.69, 9.17) is 10.5 Å². The van der Waals surface area contributed by atoms with Crippen LogP contribution in [0.5, 0.6) is 0 Å². The summed E-state index contributed by atoms with van der Waals surface area (Å²) in [6.07, 6.45) is 8.63. The van der Waals surface area contributed by atoms with E-state index in [2.05, 4.69) is 14.5 Å². The van der Waals surface area contributed by atoms with Crippen LogP contribution in [0, 0.1) is 0 Å². The highest BCUT2D eigenvalue weighted by molar-refractivity contribution is 5.96. The molecule has 1 unspecified atom stereocenters. The fourth-order valence-corrected chi connectivity index (χ4v) is 3.95. The fraction of sp³-hybridized carbons (Fsp3) is 0.611. The number of aromatic nitrogens is 3. The summed E-state index contributed by atoms with van der Waals surface area (Å²) in [6.45, 7) is 2.84. The lowest BCUT2D eigenvalue weighted by Crippen LogP contribution is -2.47. The highest BCUT2D eigenvalue weighted by Gasteiger charge is 2.27. The number of hydrogen-bond acceptors (Lipinski definition) is 5. The van der Waals surface area contributed by atoms with Gasteiger partial charge >= 0.3 is 0 Å². The number of rotatable bonds is 3. The van der Waals surface area contributed by atoms with Gasteiger partial charge in [-0.2, -0.15) is 0 Å². The smallest absolute Gasteiger partial charge is 0.255 e. The number of imidazole rings is 1. The van der Waals surface area contributed by atoms with Crippen molar-refractivity contribution in [3.63, 3.8) is 0 Å². The van der Waals surface area contributed by atoms with Crippen molar-refractivity contribution in [2.75, 3.05) is 26.3 Å². The first-order valence-electron chi connectivity index (χ1n) is 9.19. The van der Waals surface area contributed by atoms with E-state index in [0.29, 0.717) is 18.2 Å². The van der Waals surface area contributed by atoms with Crippen molar-refractivity contribution in [3.05, 3.63) is 24.2 Å². The Bertz CT molecular complexity index is 753. The van der Waals surface area contributed by atoms with Crippen LogP contribution >= 0.6 is 0 Å². The van der Waals surface area contributed by atoms with Gasteiger partial charge in [0.2, 0.25) is 0 Å². The van der Waals surface area contributed by atoms with E-state index in [1.807, 2.05) is 17.3 Å². The Morgan fingerprint density at radius 3 is 2.88 bits per heavy atom. The van der Waals surface area contributed by atoms with Crippen molar-refractivity contribution >= 4 is 17.1 Å². The average Bonchev–Trinajstić information content (AvgIpc) is 3.11. The molecule has 1 atom stereocenters. The maximum atomic E-state index is 12.9. The van der Waals surface area contributed by atoms with Crippen LogP contribution in [0.25, 0.3) is 11.2 Å². The number of likely N-dealkylation sites (tertiary alicyclic amines) is 1. The molecular formula is C18H25N5O2. The second kappa shape index (κ2) is 7.09. The molecule has 0 aliphatic carbocycles. The zero-order chi connectivity index (χ0) is 17.2. The Hall–Kier alpha value is -1.99. The van der Waals surface area contributed by atoms with Gasteiger partial charge in [0.15, 0.2) is 5.65 Å². The number of ether oxygens (including phenoxy) is 1. The van der Waals surface area contributed by atoms with Gasteiger partial charge < -0.3 is 19.9 Å². The molecule has 0 saturated carbocycles. The van der Waals surface area contributed by atoms with Crippen molar-refractivity contribution in [1.29, 1.82) is 0 Å². The number of carbonyl (C=O) groups excluding carboxylic acids is 1. The van der Waals surface area contributed by atoms with Crippen molar-refractivity contribution in [2.45, 2.75) is 44.2 Å². The topological polar surface area (TPSA) is 86.3 Å². The lowest BCUT2D eigenvalue weighted by molar-refractivity contribution is 0.0623. The first kappa shape index (κ1) is 16.5. The summed E-state index contributed by atoms with van der Waals surface area (Å²) in [4.78, 5) is 23.9. The molecule has 134 valence electrons. The van der Waals surface area contributed by atoms with Crippen LogP contribution in [-0.2, 0) is 4.74 Å². The summed E-state index contributed by atoms with van der Waals surface area (Å²) in [5.41, 5.74) is 8.07. The second-order valence-corrected chi connectivity index (χ2v) is 6.95. The summed E-state index contributed by atoms with van der Waals surface area (Å²) < 4.78 is 7.55. The molecule has 2 N–H and O–H groups in total. The summed E-state index contributed by atoms with van der Waals surface area (Å²) in [5.74, 6) is 0.0187. The zero-order valence-corrected chi connectivity index (χ0v) is 14.4. The maximum absolute atomic E-state index is 12.9. The van der Waals surface area contributed by atoms with E-state index < -0.39 is 0 Å². The van der Waals surface area contributed by atoms with Gasteiger partial charge in [-0.1, -0.05) is 0 Å². The Morgan fingerprint density at radius 2 is 2.08 bits per heavy atom.